The van der Waals surface area contributed by atoms with Crippen molar-refractivity contribution in [3.63, 3.8) is 0 Å². The molecular weight excluding hydrogens is 374 g/mol. The van der Waals surface area contributed by atoms with Crippen molar-refractivity contribution in [3.8, 4) is 5.75 Å². The number of amides is 1. The summed E-state index contributed by atoms with van der Waals surface area (Å²) in [5.74, 6) is 0.927. The predicted molar refractivity (Wildman–Crippen MR) is 100 cm³/mol. The number of benzene rings is 1. The third-order valence-corrected chi connectivity index (χ3v) is 9.25. The molecule has 0 saturated carbocycles. The molecule has 6 heteroatoms. The standard InChI is InChI=1S/C17H28BrNO3Si/c1-17(2,3)23(4,5)22-12-14(10-19-13-20)11-21-16-8-6-7-15(18)9-16/h6-9,13-14H,10-12H2,1-5H3,(H,19,20)/t14-/m1/s1. The lowest BCUT2D eigenvalue weighted by molar-refractivity contribution is -0.109. The first kappa shape index (κ1) is 20.2. The first-order valence-corrected chi connectivity index (χ1v) is 11.5. The second kappa shape index (κ2) is 8.85. The van der Waals surface area contributed by atoms with Gasteiger partial charge in [-0.05, 0) is 36.3 Å². The molecule has 0 saturated heterocycles. The monoisotopic (exact) mass is 401 g/mol. The molecule has 130 valence electrons. The van der Waals surface area contributed by atoms with Gasteiger partial charge in [-0.15, -0.1) is 0 Å². The Morgan fingerprint density at radius 1 is 1.30 bits per heavy atom. The summed E-state index contributed by atoms with van der Waals surface area (Å²) in [4.78, 5) is 10.6. The average Bonchev–Trinajstić information content (AvgIpc) is 2.45. The van der Waals surface area contributed by atoms with E-state index in [9.17, 15) is 4.79 Å². The molecule has 1 rings (SSSR count). The van der Waals surface area contributed by atoms with E-state index in [2.05, 4.69) is 55.1 Å². The van der Waals surface area contributed by atoms with Gasteiger partial charge >= 0.3 is 0 Å². The molecule has 0 bridgehead atoms. The smallest absolute Gasteiger partial charge is 0.207 e. The Bertz CT molecular complexity index is 503. The highest BCUT2D eigenvalue weighted by Crippen LogP contribution is 2.36. The number of ether oxygens (including phenoxy) is 1. The highest BCUT2D eigenvalue weighted by Gasteiger charge is 2.37. The largest absolute Gasteiger partial charge is 0.493 e. The second-order valence-electron chi connectivity index (χ2n) is 7.23. The van der Waals surface area contributed by atoms with Crippen LogP contribution in [0.5, 0.6) is 5.75 Å². The summed E-state index contributed by atoms with van der Waals surface area (Å²) in [6, 6.07) is 7.74. The Morgan fingerprint density at radius 2 is 2.00 bits per heavy atom. The van der Waals surface area contributed by atoms with E-state index >= 15 is 0 Å². The van der Waals surface area contributed by atoms with Crippen molar-refractivity contribution >= 4 is 30.7 Å². The molecule has 1 aromatic carbocycles. The second-order valence-corrected chi connectivity index (χ2v) is 13.0. The van der Waals surface area contributed by atoms with Gasteiger partial charge in [0, 0.05) is 23.5 Å². The van der Waals surface area contributed by atoms with Crippen molar-refractivity contribution in [3.05, 3.63) is 28.7 Å². The van der Waals surface area contributed by atoms with Crippen LogP contribution in [-0.4, -0.2) is 34.5 Å². The maximum absolute atomic E-state index is 10.6. The summed E-state index contributed by atoms with van der Waals surface area (Å²) in [5.41, 5.74) is 0. The normalized spacial score (nSPS) is 13.5. The topological polar surface area (TPSA) is 47.6 Å². The number of hydrogen-bond donors (Lipinski definition) is 1. The fraction of sp³-hybridized carbons (Fsp3) is 0.588. The molecule has 0 fully saturated rings. The van der Waals surface area contributed by atoms with Crippen LogP contribution in [0.15, 0.2) is 28.7 Å². The van der Waals surface area contributed by atoms with Crippen molar-refractivity contribution in [2.24, 2.45) is 5.92 Å². The molecular formula is C17H28BrNO3Si. The van der Waals surface area contributed by atoms with Crippen molar-refractivity contribution in [1.82, 2.24) is 5.32 Å². The summed E-state index contributed by atoms with van der Waals surface area (Å²) in [5, 5.41) is 2.90. The zero-order valence-corrected chi connectivity index (χ0v) is 17.3. The van der Waals surface area contributed by atoms with Crippen LogP contribution in [0.4, 0.5) is 0 Å². The van der Waals surface area contributed by atoms with Crippen LogP contribution in [0.2, 0.25) is 18.1 Å². The molecule has 0 aliphatic heterocycles. The number of rotatable bonds is 9. The Morgan fingerprint density at radius 3 is 2.57 bits per heavy atom. The molecule has 23 heavy (non-hydrogen) atoms. The molecule has 1 aromatic rings. The Labute approximate surface area is 149 Å². The third-order valence-electron chi connectivity index (χ3n) is 4.26. The van der Waals surface area contributed by atoms with E-state index in [0.29, 0.717) is 19.8 Å². The molecule has 1 atom stereocenters. The average molecular weight is 402 g/mol. The molecule has 0 spiro atoms. The first-order chi connectivity index (χ1) is 10.7. The number of hydrogen-bond acceptors (Lipinski definition) is 3. The van der Waals surface area contributed by atoms with E-state index in [1.807, 2.05) is 24.3 Å². The lowest BCUT2D eigenvalue weighted by atomic mass is 10.2. The maximum Gasteiger partial charge on any atom is 0.207 e. The van der Waals surface area contributed by atoms with Gasteiger partial charge in [0.05, 0.1) is 6.61 Å². The van der Waals surface area contributed by atoms with Crippen molar-refractivity contribution < 1.29 is 14.0 Å². The first-order valence-electron chi connectivity index (χ1n) is 7.85. The van der Waals surface area contributed by atoms with Gasteiger partial charge in [0.15, 0.2) is 8.32 Å². The third kappa shape index (κ3) is 7.06. The number of carbonyl (C=O) groups excluding carboxylic acids is 1. The molecule has 4 nitrogen and oxygen atoms in total. The predicted octanol–water partition coefficient (Wildman–Crippen LogP) is 4.21. The van der Waals surface area contributed by atoms with Crippen LogP contribution in [-0.2, 0) is 9.22 Å². The summed E-state index contributed by atoms with van der Waals surface area (Å²) in [6.45, 7) is 12.8. The van der Waals surface area contributed by atoms with Gasteiger partial charge in [0.2, 0.25) is 6.41 Å². The van der Waals surface area contributed by atoms with E-state index in [1.165, 1.54) is 0 Å². The van der Waals surface area contributed by atoms with Gasteiger partial charge in [0.25, 0.3) is 0 Å². The molecule has 0 radical (unpaired) electrons. The molecule has 1 amide bonds. The summed E-state index contributed by atoms with van der Waals surface area (Å²) < 4.78 is 13.1. The Balaban J connectivity index is 2.60. The van der Waals surface area contributed by atoms with E-state index in [4.69, 9.17) is 9.16 Å². The van der Waals surface area contributed by atoms with Gasteiger partial charge in [-0.2, -0.15) is 0 Å². The van der Waals surface area contributed by atoms with Gasteiger partial charge in [-0.1, -0.05) is 42.8 Å². The lowest BCUT2D eigenvalue weighted by Crippen LogP contribution is -2.43. The lowest BCUT2D eigenvalue weighted by Gasteiger charge is -2.37. The summed E-state index contributed by atoms with van der Waals surface area (Å²) in [6.07, 6.45) is 0.721. The molecule has 1 N–H and O–H groups in total. The fourth-order valence-electron chi connectivity index (χ4n) is 1.69. The van der Waals surface area contributed by atoms with Crippen LogP contribution in [0.1, 0.15) is 20.8 Å². The van der Waals surface area contributed by atoms with E-state index < -0.39 is 8.32 Å². The van der Waals surface area contributed by atoms with Crippen molar-refractivity contribution in [2.75, 3.05) is 19.8 Å². The Hall–Kier alpha value is -0.853. The number of nitrogens with one attached hydrogen (secondary N) is 1. The SMILES string of the molecule is CC(C)(C)[Si](C)(C)OC[C@H](CNC=O)COc1cccc(Br)c1. The van der Waals surface area contributed by atoms with Crippen LogP contribution in [0.25, 0.3) is 0 Å². The van der Waals surface area contributed by atoms with Crippen molar-refractivity contribution in [1.29, 1.82) is 0 Å². The fourth-order valence-corrected chi connectivity index (χ4v) is 3.16. The molecule has 0 heterocycles. The van der Waals surface area contributed by atoms with Crippen LogP contribution >= 0.6 is 15.9 Å². The molecule has 0 unspecified atom stereocenters. The van der Waals surface area contributed by atoms with Gasteiger partial charge in [0.1, 0.15) is 5.75 Å². The van der Waals surface area contributed by atoms with E-state index in [1.54, 1.807) is 0 Å². The highest BCUT2D eigenvalue weighted by molar-refractivity contribution is 9.10. The van der Waals surface area contributed by atoms with Gasteiger partial charge < -0.3 is 14.5 Å². The molecule has 0 aliphatic rings. The zero-order chi connectivity index (χ0) is 17.5. The minimum absolute atomic E-state index is 0.119. The van der Waals surface area contributed by atoms with Crippen LogP contribution < -0.4 is 10.1 Å². The van der Waals surface area contributed by atoms with Gasteiger partial charge in [-0.25, -0.2) is 0 Å². The number of halogens is 1. The minimum Gasteiger partial charge on any atom is -0.493 e. The van der Waals surface area contributed by atoms with Crippen LogP contribution in [0, 0.1) is 5.92 Å². The van der Waals surface area contributed by atoms with E-state index in [-0.39, 0.29) is 11.0 Å². The molecule has 0 aromatic heterocycles. The summed E-state index contributed by atoms with van der Waals surface area (Å²) in [7, 11) is -1.80. The van der Waals surface area contributed by atoms with Gasteiger partial charge in [-0.3, -0.25) is 4.79 Å². The van der Waals surface area contributed by atoms with Crippen LogP contribution in [0.3, 0.4) is 0 Å². The number of carbonyl (C=O) groups is 1. The summed E-state index contributed by atoms with van der Waals surface area (Å²) >= 11 is 3.43. The maximum atomic E-state index is 10.6. The Kier molecular flexibility index (Phi) is 7.77. The quantitative estimate of drug-likeness (QED) is 0.497. The van der Waals surface area contributed by atoms with E-state index in [0.717, 1.165) is 16.6 Å². The molecule has 0 aliphatic carbocycles. The zero-order valence-electron chi connectivity index (χ0n) is 14.7. The van der Waals surface area contributed by atoms with Crippen molar-refractivity contribution in [2.45, 2.75) is 38.9 Å². The minimum atomic E-state index is -1.80. The highest BCUT2D eigenvalue weighted by atomic mass is 79.9.